The summed E-state index contributed by atoms with van der Waals surface area (Å²) in [6, 6.07) is 17.1. The fourth-order valence-corrected chi connectivity index (χ4v) is 3.21. The molecule has 0 aliphatic heterocycles. The molecule has 0 unspecified atom stereocenters. The van der Waals surface area contributed by atoms with Crippen molar-refractivity contribution in [1.29, 1.82) is 0 Å². The van der Waals surface area contributed by atoms with Crippen LogP contribution in [0.15, 0.2) is 61.2 Å². The molecule has 0 radical (unpaired) electrons. The monoisotopic (exact) mass is 264 g/mol. The van der Waals surface area contributed by atoms with Crippen LogP contribution in [0.5, 0.6) is 0 Å². The molecule has 102 valence electrons. The van der Waals surface area contributed by atoms with E-state index in [1.807, 2.05) is 6.08 Å². The van der Waals surface area contributed by atoms with E-state index in [9.17, 15) is 5.11 Å². The largest absolute Gasteiger partial charge is 0.393 e. The second kappa shape index (κ2) is 5.64. The van der Waals surface area contributed by atoms with E-state index in [0.717, 1.165) is 19.3 Å². The Morgan fingerprint density at radius 2 is 1.55 bits per heavy atom. The van der Waals surface area contributed by atoms with Crippen LogP contribution in [0.1, 0.15) is 36.3 Å². The first-order valence-corrected chi connectivity index (χ1v) is 7.28. The molecule has 0 heterocycles. The summed E-state index contributed by atoms with van der Waals surface area (Å²) in [4.78, 5) is 0. The molecule has 20 heavy (non-hydrogen) atoms. The van der Waals surface area contributed by atoms with Crippen molar-refractivity contribution in [3.05, 3.63) is 72.3 Å². The van der Waals surface area contributed by atoms with Gasteiger partial charge in [0.15, 0.2) is 0 Å². The van der Waals surface area contributed by atoms with Crippen LogP contribution in [0.25, 0.3) is 11.1 Å². The van der Waals surface area contributed by atoms with Crippen molar-refractivity contribution in [2.45, 2.75) is 31.3 Å². The molecule has 3 rings (SSSR count). The van der Waals surface area contributed by atoms with Gasteiger partial charge in [0, 0.05) is 5.92 Å². The lowest BCUT2D eigenvalue weighted by molar-refractivity contribution is 0.151. The number of aliphatic hydroxyl groups is 1. The molecule has 2 aromatic rings. The van der Waals surface area contributed by atoms with Crippen molar-refractivity contribution in [3.8, 4) is 11.1 Å². The zero-order valence-corrected chi connectivity index (χ0v) is 11.6. The number of fused-ring (bicyclic) bond motifs is 3. The Morgan fingerprint density at radius 1 is 1.00 bits per heavy atom. The molecule has 0 aromatic heterocycles. The molecule has 0 spiro atoms. The molecule has 0 saturated heterocycles. The Hall–Kier alpha value is -1.86. The zero-order valence-electron chi connectivity index (χ0n) is 11.6. The number of benzene rings is 2. The molecule has 1 N–H and O–H groups in total. The third-order valence-electron chi connectivity index (χ3n) is 4.17. The summed E-state index contributed by atoms with van der Waals surface area (Å²) in [6.07, 6.45) is 4.07. The summed E-state index contributed by atoms with van der Waals surface area (Å²) < 4.78 is 0. The summed E-state index contributed by atoms with van der Waals surface area (Å²) in [7, 11) is 0. The van der Waals surface area contributed by atoms with E-state index < -0.39 is 0 Å². The SMILES string of the molecule is C=CCC[C@H](O)CC1c2ccccc2-c2ccccc21. The van der Waals surface area contributed by atoms with Gasteiger partial charge in [-0.1, -0.05) is 54.6 Å². The minimum Gasteiger partial charge on any atom is -0.393 e. The Kier molecular flexibility index (Phi) is 3.70. The van der Waals surface area contributed by atoms with Crippen LogP contribution < -0.4 is 0 Å². The summed E-state index contributed by atoms with van der Waals surface area (Å²) in [5.74, 6) is 0.321. The van der Waals surface area contributed by atoms with E-state index in [0.29, 0.717) is 5.92 Å². The highest BCUT2D eigenvalue weighted by atomic mass is 16.3. The first-order valence-electron chi connectivity index (χ1n) is 7.28. The Labute approximate surface area is 120 Å². The predicted molar refractivity (Wildman–Crippen MR) is 83.8 cm³/mol. The normalized spacial score (nSPS) is 14.7. The van der Waals surface area contributed by atoms with Crippen molar-refractivity contribution in [3.63, 3.8) is 0 Å². The van der Waals surface area contributed by atoms with Gasteiger partial charge in [-0.15, -0.1) is 6.58 Å². The second-order valence-electron chi connectivity index (χ2n) is 5.48. The summed E-state index contributed by atoms with van der Waals surface area (Å²) in [5.41, 5.74) is 5.35. The van der Waals surface area contributed by atoms with Crippen LogP contribution >= 0.6 is 0 Å². The molecule has 0 saturated carbocycles. The van der Waals surface area contributed by atoms with Gasteiger partial charge >= 0.3 is 0 Å². The standard InChI is InChI=1S/C19H20O/c1-2-3-8-14(20)13-19-17-11-6-4-9-15(17)16-10-5-7-12-18(16)19/h2,4-7,9-12,14,19-20H,1,3,8,13H2/t14-/m0/s1. The van der Waals surface area contributed by atoms with Crippen LogP contribution in [0, 0.1) is 0 Å². The van der Waals surface area contributed by atoms with E-state index in [4.69, 9.17) is 0 Å². The van der Waals surface area contributed by atoms with Crippen LogP contribution in [-0.4, -0.2) is 11.2 Å². The molecule has 2 aromatic carbocycles. The zero-order chi connectivity index (χ0) is 13.9. The summed E-state index contributed by atoms with van der Waals surface area (Å²) >= 11 is 0. The summed E-state index contributed by atoms with van der Waals surface area (Å²) in [5, 5.41) is 10.2. The minimum absolute atomic E-state index is 0.266. The maximum Gasteiger partial charge on any atom is 0.0552 e. The third-order valence-corrected chi connectivity index (χ3v) is 4.17. The number of aliphatic hydroxyl groups excluding tert-OH is 1. The number of rotatable bonds is 5. The van der Waals surface area contributed by atoms with Gasteiger partial charge in [0.2, 0.25) is 0 Å². The smallest absolute Gasteiger partial charge is 0.0552 e. The van der Waals surface area contributed by atoms with Gasteiger partial charge in [0.25, 0.3) is 0 Å². The highest BCUT2D eigenvalue weighted by Gasteiger charge is 2.29. The number of hydrogen-bond acceptors (Lipinski definition) is 1. The number of allylic oxidation sites excluding steroid dienone is 1. The predicted octanol–water partition coefficient (Wildman–Crippen LogP) is 4.52. The lowest BCUT2D eigenvalue weighted by Crippen LogP contribution is -2.11. The van der Waals surface area contributed by atoms with E-state index in [2.05, 4.69) is 55.1 Å². The van der Waals surface area contributed by atoms with Gasteiger partial charge in [-0.25, -0.2) is 0 Å². The van der Waals surface area contributed by atoms with Gasteiger partial charge in [-0.05, 0) is 41.5 Å². The molecular formula is C19H20O. The quantitative estimate of drug-likeness (QED) is 0.787. The maximum absolute atomic E-state index is 10.2. The Balaban J connectivity index is 1.92. The molecular weight excluding hydrogens is 244 g/mol. The van der Waals surface area contributed by atoms with Crippen molar-refractivity contribution in [1.82, 2.24) is 0 Å². The van der Waals surface area contributed by atoms with Crippen molar-refractivity contribution < 1.29 is 5.11 Å². The first kappa shape index (κ1) is 13.1. The fraction of sp³-hybridized carbons (Fsp3) is 0.263. The van der Waals surface area contributed by atoms with Crippen LogP contribution in [-0.2, 0) is 0 Å². The average Bonchev–Trinajstić information content (AvgIpc) is 2.80. The van der Waals surface area contributed by atoms with Crippen molar-refractivity contribution in [2.75, 3.05) is 0 Å². The third kappa shape index (κ3) is 2.30. The van der Waals surface area contributed by atoms with Crippen molar-refractivity contribution >= 4 is 0 Å². The van der Waals surface area contributed by atoms with Gasteiger partial charge in [-0.2, -0.15) is 0 Å². The lowest BCUT2D eigenvalue weighted by Gasteiger charge is -2.17. The van der Waals surface area contributed by atoms with Gasteiger partial charge in [0.05, 0.1) is 6.10 Å². The second-order valence-corrected chi connectivity index (χ2v) is 5.48. The summed E-state index contributed by atoms with van der Waals surface area (Å²) in [6.45, 7) is 3.73. The van der Waals surface area contributed by atoms with E-state index in [1.54, 1.807) is 0 Å². The fourth-order valence-electron chi connectivity index (χ4n) is 3.21. The molecule has 0 bridgehead atoms. The Bertz CT molecular complexity index is 569. The lowest BCUT2D eigenvalue weighted by atomic mass is 9.90. The van der Waals surface area contributed by atoms with Crippen LogP contribution in [0.2, 0.25) is 0 Å². The van der Waals surface area contributed by atoms with E-state index >= 15 is 0 Å². The van der Waals surface area contributed by atoms with Gasteiger partial charge < -0.3 is 5.11 Å². The van der Waals surface area contributed by atoms with Crippen LogP contribution in [0.4, 0.5) is 0 Å². The Morgan fingerprint density at radius 3 is 2.10 bits per heavy atom. The molecule has 1 aliphatic carbocycles. The van der Waals surface area contributed by atoms with Crippen LogP contribution in [0.3, 0.4) is 0 Å². The molecule has 0 amide bonds. The molecule has 1 aliphatic rings. The van der Waals surface area contributed by atoms with Crippen molar-refractivity contribution in [2.24, 2.45) is 0 Å². The maximum atomic E-state index is 10.2. The first-order chi connectivity index (χ1) is 9.81. The average molecular weight is 264 g/mol. The topological polar surface area (TPSA) is 20.2 Å². The number of hydrogen-bond donors (Lipinski definition) is 1. The van der Waals surface area contributed by atoms with E-state index in [-0.39, 0.29) is 6.10 Å². The van der Waals surface area contributed by atoms with E-state index in [1.165, 1.54) is 22.3 Å². The van der Waals surface area contributed by atoms with Gasteiger partial charge in [0.1, 0.15) is 0 Å². The highest BCUT2D eigenvalue weighted by molar-refractivity contribution is 5.78. The molecule has 1 atom stereocenters. The molecule has 1 nitrogen and oxygen atoms in total. The minimum atomic E-state index is -0.266. The molecule has 0 fully saturated rings. The van der Waals surface area contributed by atoms with Gasteiger partial charge in [-0.3, -0.25) is 0 Å². The molecule has 1 heteroatoms. The highest BCUT2D eigenvalue weighted by Crippen LogP contribution is 2.46.